The van der Waals surface area contributed by atoms with E-state index in [2.05, 4.69) is 10.6 Å². The first-order chi connectivity index (χ1) is 12.0. The molecule has 0 aliphatic heterocycles. The Kier molecular flexibility index (Phi) is 7.07. The zero-order chi connectivity index (χ0) is 18.2. The maximum Gasteiger partial charge on any atom is 0.234 e. The van der Waals surface area contributed by atoms with Gasteiger partial charge in [0.25, 0.3) is 0 Å². The molecule has 0 aromatic heterocycles. The Balaban J connectivity index is 1.74. The van der Waals surface area contributed by atoms with Gasteiger partial charge in [0.1, 0.15) is 0 Å². The highest BCUT2D eigenvalue weighted by Gasteiger charge is 2.15. The average Bonchev–Trinajstić information content (AvgIpc) is 2.60. The summed E-state index contributed by atoms with van der Waals surface area (Å²) in [5.74, 6) is 0.0797. The van der Waals surface area contributed by atoms with E-state index in [0.717, 1.165) is 22.4 Å². The number of amides is 2. The number of hydrogen-bond acceptors (Lipinski definition) is 3. The molecule has 2 amide bonds. The van der Waals surface area contributed by atoms with E-state index in [1.54, 1.807) is 0 Å². The lowest BCUT2D eigenvalue weighted by molar-refractivity contribution is -0.120. The van der Waals surface area contributed by atoms with Crippen molar-refractivity contribution >= 4 is 29.3 Å². The van der Waals surface area contributed by atoms with Gasteiger partial charge in [0.2, 0.25) is 11.8 Å². The first-order valence-electron chi connectivity index (χ1n) is 8.26. The Bertz CT molecular complexity index is 729. The summed E-state index contributed by atoms with van der Waals surface area (Å²) in [6.07, 6.45) is 0. The molecule has 0 aliphatic rings. The minimum absolute atomic E-state index is 0.0589. The Morgan fingerprint density at radius 2 is 1.72 bits per heavy atom. The van der Waals surface area contributed by atoms with E-state index in [9.17, 15) is 9.59 Å². The molecule has 25 heavy (non-hydrogen) atoms. The molecule has 1 atom stereocenters. The third-order valence-electron chi connectivity index (χ3n) is 3.88. The summed E-state index contributed by atoms with van der Waals surface area (Å²) < 4.78 is 0. The van der Waals surface area contributed by atoms with Crippen LogP contribution >= 0.6 is 11.8 Å². The van der Waals surface area contributed by atoms with Crippen LogP contribution < -0.4 is 10.6 Å². The monoisotopic (exact) mass is 356 g/mol. The van der Waals surface area contributed by atoms with Crippen molar-refractivity contribution in [1.82, 2.24) is 5.32 Å². The normalized spacial score (nSPS) is 11.6. The number of thioether (sulfide) groups is 1. The maximum atomic E-state index is 12.2. The molecule has 0 aliphatic carbocycles. The zero-order valence-corrected chi connectivity index (χ0v) is 15.7. The average molecular weight is 356 g/mol. The largest absolute Gasteiger partial charge is 0.351 e. The smallest absolute Gasteiger partial charge is 0.234 e. The Labute approximate surface area is 153 Å². The van der Waals surface area contributed by atoms with Crippen molar-refractivity contribution in [3.05, 3.63) is 65.2 Å². The molecule has 2 aromatic carbocycles. The third kappa shape index (κ3) is 6.27. The molecule has 0 bridgehead atoms. The molecular weight excluding hydrogens is 332 g/mol. The molecule has 2 N–H and O–H groups in total. The van der Waals surface area contributed by atoms with Gasteiger partial charge in [0.05, 0.1) is 11.0 Å². The maximum absolute atomic E-state index is 12.2. The van der Waals surface area contributed by atoms with Crippen LogP contribution in [0.15, 0.2) is 48.5 Å². The van der Waals surface area contributed by atoms with Crippen LogP contribution in [-0.2, 0) is 16.1 Å². The summed E-state index contributed by atoms with van der Waals surface area (Å²) >= 11 is 1.33. The number of anilines is 1. The van der Waals surface area contributed by atoms with Gasteiger partial charge in [-0.2, -0.15) is 0 Å². The highest BCUT2D eigenvalue weighted by molar-refractivity contribution is 8.01. The minimum atomic E-state index is -0.284. The van der Waals surface area contributed by atoms with Gasteiger partial charge in [-0.1, -0.05) is 42.0 Å². The van der Waals surface area contributed by atoms with Crippen molar-refractivity contribution in [2.75, 3.05) is 11.1 Å². The molecule has 5 heteroatoms. The van der Waals surface area contributed by atoms with Crippen molar-refractivity contribution in [2.24, 2.45) is 0 Å². The second kappa shape index (κ2) is 9.28. The molecule has 4 nitrogen and oxygen atoms in total. The number of carbonyl (C=O) groups excluding carboxylic acids is 2. The summed E-state index contributed by atoms with van der Waals surface area (Å²) in [7, 11) is 0. The van der Waals surface area contributed by atoms with E-state index in [1.165, 1.54) is 11.8 Å². The quantitative estimate of drug-likeness (QED) is 0.796. The highest BCUT2D eigenvalue weighted by Crippen LogP contribution is 2.14. The highest BCUT2D eigenvalue weighted by atomic mass is 32.2. The lowest BCUT2D eigenvalue weighted by Gasteiger charge is -2.13. The van der Waals surface area contributed by atoms with Crippen LogP contribution in [0.25, 0.3) is 0 Å². The topological polar surface area (TPSA) is 58.2 Å². The Morgan fingerprint density at radius 1 is 1.04 bits per heavy atom. The summed E-state index contributed by atoms with van der Waals surface area (Å²) in [6, 6.07) is 15.6. The first kappa shape index (κ1) is 19.1. The van der Waals surface area contributed by atoms with E-state index < -0.39 is 0 Å². The van der Waals surface area contributed by atoms with Crippen LogP contribution in [0, 0.1) is 13.8 Å². The summed E-state index contributed by atoms with van der Waals surface area (Å²) in [6.45, 7) is 6.34. The summed E-state index contributed by atoms with van der Waals surface area (Å²) in [5, 5.41) is 5.48. The second-order valence-electron chi connectivity index (χ2n) is 6.01. The van der Waals surface area contributed by atoms with E-state index >= 15 is 0 Å². The lowest BCUT2D eigenvalue weighted by atomic mass is 10.1. The van der Waals surface area contributed by atoms with Crippen molar-refractivity contribution in [3.8, 4) is 0 Å². The first-order valence-corrected chi connectivity index (χ1v) is 9.31. The fourth-order valence-corrected chi connectivity index (χ4v) is 2.95. The summed E-state index contributed by atoms with van der Waals surface area (Å²) in [5.41, 5.74) is 4.17. The van der Waals surface area contributed by atoms with Crippen LogP contribution in [-0.4, -0.2) is 22.8 Å². The molecule has 2 rings (SSSR count). The van der Waals surface area contributed by atoms with Crippen molar-refractivity contribution in [3.63, 3.8) is 0 Å². The molecular formula is C20H24N2O2S. The number of benzene rings is 2. The van der Waals surface area contributed by atoms with Crippen LogP contribution in [0.2, 0.25) is 0 Å². The van der Waals surface area contributed by atoms with Gasteiger partial charge in [-0.05, 0) is 44.0 Å². The van der Waals surface area contributed by atoms with E-state index in [-0.39, 0.29) is 22.8 Å². The number of nitrogens with one attached hydrogen (secondary N) is 2. The molecule has 0 saturated carbocycles. The predicted molar refractivity (Wildman–Crippen MR) is 105 cm³/mol. The molecule has 0 unspecified atom stereocenters. The minimum Gasteiger partial charge on any atom is -0.351 e. The SMILES string of the molecule is Cc1ccc(NC(=O)CS[C@H](C)C(=O)NCc2ccccc2C)cc1. The number of rotatable bonds is 7. The van der Waals surface area contributed by atoms with Gasteiger partial charge in [-0.25, -0.2) is 0 Å². The predicted octanol–water partition coefficient (Wildman–Crippen LogP) is 3.68. The zero-order valence-electron chi connectivity index (χ0n) is 14.8. The van der Waals surface area contributed by atoms with Crippen LogP contribution in [0.4, 0.5) is 5.69 Å². The van der Waals surface area contributed by atoms with E-state index in [0.29, 0.717) is 6.54 Å². The molecule has 0 saturated heterocycles. The van der Waals surface area contributed by atoms with Crippen LogP contribution in [0.5, 0.6) is 0 Å². The Morgan fingerprint density at radius 3 is 2.40 bits per heavy atom. The van der Waals surface area contributed by atoms with Crippen molar-refractivity contribution < 1.29 is 9.59 Å². The summed E-state index contributed by atoms with van der Waals surface area (Å²) in [4.78, 5) is 24.2. The van der Waals surface area contributed by atoms with Crippen molar-refractivity contribution in [1.29, 1.82) is 0 Å². The fourth-order valence-electron chi connectivity index (χ4n) is 2.24. The molecule has 0 spiro atoms. The van der Waals surface area contributed by atoms with Gasteiger partial charge in [0.15, 0.2) is 0 Å². The van der Waals surface area contributed by atoms with Gasteiger partial charge in [-0.3, -0.25) is 9.59 Å². The molecule has 0 heterocycles. The second-order valence-corrected chi connectivity index (χ2v) is 7.34. The van der Waals surface area contributed by atoms with Gasteiger partial charge < -0.3 is 10.6 Å². The van der Waals surface area contributed by atoms with Crippen molar-refractivity contribution in [2.45, 2.75) is 32.6 Å². The molecule has 132 valence electrons. The lowest BCUT2D eigenvalue weighted by Crippen LogP contribution is -2.31. The van der Waals surface area contributed by atoms with Crippen LogP contribution in [0.1, 0.15) is 23.6 Å². The van der Waals surface area contributed by atoms with Gasteiger partial charge >= 0.3 is 0 Å². The number of carbonyl (C=O) groups is 2. The standard InChI is InChI=1S/C20H24N2O2S/c1-14-8-10-18(11-9-14)22-19(23)13-25-16(3)20(24)21-12-17-7-5-4-6-15(17)2/h4-11,16H,12-13H2,1-3H3,(H,21,24)(H,22,23)/t16-/m1/s1. The fraction of sp³-hybridized carbons (Fsp3) is 0.300. The molecule has 0 fully saturated rings. The van der Waals surface area contributed by atoms with Gasteiger partial charge in [0, 0.05) is 12.2 Å². The number of aryl methyl sites for hydroxylation is 2. The Hall–Kier alpha value is -2.27. The number of hydrogen-bond donors (Lipinski definition) is 2. The van der Waals surface area contributed by atoms with E-state index in [4.69, 9.17) is 0 Å². The third-order valence-corrected chi connectivity index (χ3v) is 5.03. The molecule has 0 radical (unpaired) electrons. The van der Waals surface area contributed by atoms with Gasteiger partial charge in [-0.15, -0.1) is 11.8 Å². The van der Waals surface area contributed by atoms with Crippen LogP contribution in [0.3, 0.4) is 0 Å². The van der Waals surface area contributed by atoms with E-state index in [1.807, 2.05) is 69.3 Å². The molecule has 2 aromatic rings.